The number of carbonyl (C=O) groups excluding carboxylic acids is 1. The fourth-order valence-corrected chi connectivity index (χ4v) is 1.93. The van der Waals surface area contributed by atoms with Gasteiger partial charge < -0.3 is 16.8 Å². The van der Waals surface area contributed by atoms with Crippen LogP contribution in [0.25, 0.3) is 0 Å². The van der Waals surface area contributed by atoms with Crippen molar-refractivity contribution in [3.63, 3.8) is 0 Å². The van der Waals surface area contributed by atoms with E-state index in [1.807, 2.05) is 17.8 Å². The Labute approximate surface area is 111 Å². The molecule has 0 bridgehead atoms. The van der Waals surface area contributed by atoms with Gasteiger partial charge in [0.05, 0.1) is 16.9 Å². The van der Waals surface area contributed by atoms with Crippen molar-refractivity contribution in [1.82, 2.24) is 9.78 Å². The van der Waals surface area contributed by atoms with E-state index < -0.39 is 5.91 Å². The maximum atomic E-state index is 11.3. The number of aromatic nitrogens is 2. The number of hydrogen-bond donors (Lipinski definition) is 3. The minimum Gasteiger partial charge on any atom is -0.397 e. The average Bonchev–Trinajstić information content (AvgIpc) is 2.77. The fourth-order valence-electron chi connectivity index (χ4n) is 1.93. The van der Waals surface area contributed by atoms with Gasteiger partial charge in [-0.2, -0.15) is 5.10 Å². The molecule has 0 aliphatic heterocycles. The maximum absolute atomic E-state index is 11.3. The Hall–Kier alpha value is -2.50. The number of nitrogens with zero attached hydrogens (tertiary/aromatic N) is 2. The molecule has 1 aromatic heterocycles. The summed E-state index contributed by atoms with van der Waals surface area (Å²) in [6.07, 6.45) is 2.53. The van der Waals surface area contributed by atoms with E-state index in [2.05, 4.69) is 10.4 Å². The maximum Gasteiger partial charge on any atom is 0.250 e. The molecule has 1 aromatic carbocycles. The first-order valence-corrected chi connectivity index (χ1v) is 5.98. The number of hydrogen-bond acceptors (Lipinski definition) is 4. The van der Waals surface area contributed by atoms with Gasteiger partial charge in [-0.05, 0) is 18.2 Å². The monoisotopic (exact) mass is 259 g/mol. The lowest BCUT2D eigenvalue weighted by Crippen LogP contribution is -2.17. The van der Waals surface area contributed by atoms with Crippen LogP contribution in [0.1, 0.15) is 16.1 Å². The van der Waals surface area contributed by atoms with Crippen LogP contribution in [0.5, 0.6) is 0 Å². The zero-order valence-corrected chi connectivity index (χ0v) is 10.8. The molecule has 0 aliphatic carbocycles. The Bertz CT molecular complexity index is 590. The molecule has 6 nitrogen and oxygen atoms in total. The third-order valence-corrected chi connectivity index (χ3v) is 2.97. The number of anilines is 2. The number of primary amides is 1. The number of aryl methyl sites for hydroxylation is 1. The Morgan fingerprint density at radius 3 is 2.84 bits per heavy atom. The number of nitrogens with two attached hydrogens (primary N) is 2. The lowest BCUT2D eigenvalue weighted by Gasteiger charge is -2.12. The van der Waals surface area contributed by atoms with Gasteiger partial charge in [-0.3, -0.25) is 9.48 Å². The van der Waals surface area contributed by atoms with Crippen LogP contribution in [0.3, 0.4) is 0 Å². The Balaban J connectivity index is 2.07. The first-order valence-electron chi connectivity index (χ1n) is 5.98. The van der Waals surface area contributed by atoms with Gasteiger partial charge in [-0.15, -0.1) is 0 Å². The summed E-state index contributed by atoms with van der Waals surface area (Å²) in [5.41, 5.74) is 13.8. The van der Waals surface area contributed by atoms with Crippen molar-refractivity contribution in [1.29, 1.82) is 0 Å². The molecule has 1 amide bonds. The summed E-state index contributed by atoms with van der Waals surface area (Å²) in [5, 5.41) is 7.26. The summed E-state index contributed by atoms with van der Waals surface area (Å²) in [4.78, 5) is 11.3. The van der Waals surface area contributed by atoms with Crippen molar-refractivity contribution >= 4 is 17.3 Å². The fraction of sp³-hybridized carbons (Fsp3) is 0.231. The first-order chi connectivity index (χ1) is 9.09. The lowest BCUT2D eigenvalue weighted by molar-refractivity contribution is 0.100. The second-order valence-corrected chi connectivity index (χ2v) is 4.26. The van der Waals surface area contributed by atoms with E-state index in [1.54, 1.807) is 24.4 Å². The topological polar surface area (TPSA) is 99.0 Å². The highest BCUT2D eigenvalue weighted by Crippen LogP contribution is 2.22. The summed E-state index contributed by atoms with van der Waals surface area (Å²) >= 11 is 0. The highest BCUT2D eigenvalue weighted by Gasteiger charge is 2.10. The molecule has 0 saturated heterocycles. The smallest absolute Gasteiger partial charge is 0.250 e. The molecular formula is C13H17N5O. The van der Waals surface area contributed by atoms with Crippen molar-refractivity contribution in [3.05, 3.63) is 41.7 Å². The Morgan fingerprint density at radius 1 is 1.42 bits per heavy atom. The normalized spacial score (nSPS) is 10.4. The lowest BCUT2D eigenvalue weighted by atomic mass is 10.1. The number of benzene rings is 1. The van der Waals surface area contributed by atoms with Crippen molar-refractivity contribution < 1.29 is 4.79 Å². The molecule has 0 radical (unpaired) electrons. The second kappa shape index (κ2) is 5.43. The number of amides is 1. The van der Waals surface area contributed by atoms with Crippen LogP contribution in [0.2, 0.25) is 0 Å². The molecule has 19 heavy (non-hydrogen) atoms. The highest BCUT2D eigenvalue weighted by atomic mass is 16.1. The van der Waals surface area contributed by atoms with Crippen molar-refractivity contribution in [2.45, 2.75) is 6.42 Å². The van der Waals surface area contributed by atoms with Gasteiger partial charge in [0.2, 0.25) is 0 Å². The van der Waals surface area contributed by atoms with E-state index in [-0.39, 0.29) is 0 Å². The summed E-state index contributed by atoms with van der Waals surface area (Å²) in [5.74, 6) is -0.490. The Kier molecular flexibility index (Phi) is 3.70. The molecule has 0 atom stereocenters. The molecule has 5 N–H and O–H groups in total. The van der Waals surface area contributed by atoms with Gasteiger partial charge in [-0.25, -0.2) is 0 Å². The second-order valence-electron chi connectivity index (χ2n) is 4.26. The minimum atomic E-state index is -0.490. The minimum absolute atomic E-state index is 0.407. The zero-order chi connectivity index (χ0) is 13.8. The first kappa shape index (κ1) is 12.9. The van der Waals surface area contributed by atoms with Gasteiger partial charge >= 0.3 is 0 Å². The van der Waals surface area contributed by atoms with Gasteiger partial charge in [0.15, 0.2) is 0 Å². The summed E-state index contributed by atoms with van der Waals surface area (Å²) < 4.78 is 1.81. The molecule has 2 aromatic rings. The van der Waals surface area contributed by atoms with E-state index in [0.717, 1.165) is 12.1 Å². The molecule has 0 aliphatic rings. The summed E-state index contributed by atoms with van der Waals surface area (Å²) in [7, 11) is 1.89. The van der Waals surface area contributed by atoms with Gasteiger partial charge in [0.25, 0.3) is 5.91 Å². The van der Waals surface area contributed by atoms with E-state index in [4.69, 9.17) is 11.5 Å². The predicted molar refractivity (Wildman–Crippen MR) is 74.8 cm³/mol. The summed E-state index contributed by atoms with van der Waals surface area (Å²) in [6, 6.07) is 7.05. The van der Waals surface area contributed by atoms with Gasteiger partial charge in [-0.1, -0.05) is 6.07 Å². The van der Waals surface area contributed by atoms with Crippen LogP contribution in [-0.2, 0) is 13.5 Å². The Morgan fingerprint density at radius 2 is 2.21 bits per heavy atom. The molecule has 0 spiro atoms. The van der Waals surface area contributed by atoms with Crippen molar-refractivity contribution in [2.75, 3.05) is 17.6 Å². The molecule has 100 valence electrons. The largest absolute Gasteiger partial charge is 0.397 e. The van der Waals surface area contributed by atoms with Crippen LogP contribution >= 0.6 is 0 Å². The predicted octanol–water partition coefficient (Wildman–Crippen LogP) is 0.756. The van der Waals surface area contributed by atoms with Crippen LogP contribution in [-0.4, -0.2) is 22.2 Å². The van der Waals surface area contributed by atoms with Gasteiger partial charge in [0, 0.05) is 31.9 Å². The van der Waals surface area contributed by atoms with E-state index in [0.29, 0.717) is 23.5 Å². The molecule has 0 saturated carbocycles. The van der Waals surface area contributed by atoms with Crippen molar-refractivity contribution in [3.8, 4) is 0 Å². The quantitative estimate of drug-likeness (QED) is 0.690. The zero-order valence-electron chi connectivity index (χ0n) is 10.8. The van der Waals surface area contributed by atoms with E-state index in [1.165, 1.54) is 0 Å². The molecule has 6 heteroatoms. The molecular weight excluding hydrogens is 242 g/mol. The average molecular weight is 259 g/mol. The van der Waals surface area contributed by atoms with Crippen LogP contribution in [0.4, 0.5) is 11.4 Å². The van der Waals surface area contributed by atoms with Crippen molar-refractivity contribution in [2.24, 2.45) is 12.8 Å². The van der Waals surface area contributed by atoms with Crippen LogP contribution < -0.4 is 16.8 Å². The van der Waals surface area contributed by atoms with E-state index in [9.17, 15) is 4.79 Å². The van der Waals surface area contributed by atoms with Crippen LogP contribution in [0, 0.1) is 0 Å². The number of nitrogens with one attached hydrogen (secondary N) is 1. The SMILES string of the molecule is Cn1nccc1CCNc1c(N)cccc1C(N)=O. The van der Waals surface area contributed by atoms with Crippen LogP contribution in [0.15, 0.2) is 30.5 Å². The third-order valence-electron chi connectivity index (χ3n) is 2.97. The molecule has 0 fully saturated rings. The number of rotatable bonds is 5. The molecule has 1 heterocycles. The standard InChI is InChI=1S/C13H17N5O/c1-18-9(6-8-17-18)5-7-16-12-10(13(15)19)3-2-4-11(12)14/h2-4,6,8,16H,5,7,14H2,1H3,(H2,15,19). The highest BCUT2D eigenvalue weighted by molar-refractivity contribution is 6.01. The summed E-state index contributed by atoms with van der Waals surface area (Å²) in [6.45, 7) is 0.647. The molecule has 0 unspecified atom stereocenters. The number of carbonyl (C=O) groups is 1. The molecule has 2 rings (SSSR count). The number of para-hydroxylation sites is 1. The number of nitrogen functional groups attached to an aromatic ring is 1. The third kappa shape index (κ3) is 2.85. The van der Waals surface area contributed by atoms with E-state index >= 15 is 0 Å². The van der Waals surface area contributed by atoms with Gasteiger partial charge in [0.1, 0.15) is 0 Å².